The molecule has 0 spiro atoms. The SMILES string of the molecule is C[C@H](O)[C@H](N)C=CCOCc1ccccc1. The molecule has 0 amide bonds. The van der Waals surface area contributed by atoms with Crippen molar-refractivity contribution in [3.05, 3.63) is 48.0 Å². The Morgan fingerprint density at radius 3 is 2.69 bits per heavy atom. The van der Waals surface area contributed by atoms with Crippen molar-refractivity contribution in [2.75, 3.05) is 6.61 Å². The molecule has 0 radical (unpaired) electrons. The lowest BCUT2D eigenvalue weighted by atomic mass is 10.2. The lowest BCUT2D eigenvalue weighted by Gasteiger charge is -2.08. The van der Waals surface area contributed by atoms with E-state index in [0.717, 1.165) is 5.56 Å². The van der Waals surface area contributed by atoms with Crippen molar-refractivity contribution in [3.63, 3.8) is 0 Å². The van der Waals surface area contributed by atoms with Crippen molar-refractivity contribution in [1.82, 2.24) is 0 Å². The Morgan fingerprint density at radius 1 is 1.38 bits per heavy atom. The summed E-state index contributed by atoms with van der Waals surface area (Å²) in [4.78, 5) is 0. The number of rotatable bonds is 6. The first-order valence-electron chi connectivity index (χ1n) is 5.42. The molecule has 1 aromatic carbocycles. The van der Waals surface area contributed by atoms with Crippen molar-refractivity contribution in [2.45, 2.75) is 25.7 Å². The van der Waals surface area contributed by atoms with Gasteiger partial charge in [-0.1, -0.05) is 42.5 Å². The average molecular weight is 221 g/mol. The largest absolute Gasteiger partial charge is 0.391 e. The Morgan fingerprint density at radius 2 is 2.06 bits per heavy atom. The molecular formula is C13H19NO2. The number of benzene rings is 1. The van der Waals surface area contributed by atoms with Crippen LogP contribution in [0.4, 0.5) is 0 Å². The van der Waals surface area contributed by atoms with Crippen LogP contribution in [0.3, 0.4) is 0 Å². The van der Waals surface area contributed by atoms with Crippen LogP contribution in [-0.2, 0) is 11.3 Å². The fourth-order valence-corrected chi connectivity index (χ4v) is 1.19. The minimum absolute atomic E-state index is 0.319. The second kappa shape index (κ2) is 7.17. The zero-order valence-corrected chi connectivity index (χ0v) is 9.54. The van der Waals surface area contributed by atoms with Gasteiger partial charge in [0.1, 0.15) is 0 Å². The highest BCUT2D eigenvalue weighted by Gasteiger charge is 2.02. The third kappa shape index (κ3) is 5.07. The number of aliphatic hydroxyl groups excluding tert-OH is 1. The van der Waals surface area contributed by atoms with Crippen LogP contribution in [0.1, 0.15) is 12.5 Å². The summed E-state index contributed by atoms with van der Waals surface area (Å²) in [6.07, 6.45) is 3.07. The topological polar surface area (TPSA) is 55.5 Å². The van der Waals surface area contributed by atoms with Gasteiger partial charge in [-0.15, -0.1) is 0 Å². The molecule has 0 heterocycles. The normalized spacial score (nSPS) is 15.2. The highest BCUT2D eigenvalue weighted by atomic mass is 16.5. The molecular weight excluding hydrogens is 202 g/mol. The third-order valence-electron chi connectivity index (χ3n) is 2.24. The predicted molar refractivity (Wildman–Crippen MR) is 64.9 cm³/mol. The third-order valence-corrected chi connectivity index (χ3v) is 2.24. The molecule has 0 aliphatic heterocycles. The smallest absolute Gasteiger partial charge is 0.0721 e. The van der Waals surface area contributed by atoms with Crippen LogP contribution in [0.15, 0.2) is 42.5 Å². The van der Waals surface area contributed by atoms with Crippen LogP contribution < -0.4 is 5.73 Å². The molecule has 3 N–H and O–H groups in total. The fraction of sp³-hybridized carbons (Fsp3) is 0.385. The summed E-state index contributed by atoms with van der Waals surface area (Å²) in [5, 5.41) is 9.14. The minimum Gasteiger partial charge on any atom is -0.391 e. The van der Waals surface area contributed by atoms with E-state index in [1.807, 2.05) is 36.4 Å². The van der Waals surface area contributed by atoms with Crippen LogP contribution in [0, 0.1) is 0 Å². The maximum atomic E-state index is 9.14. The van der Waals surface area contributed by atoms with Crippen LogP contribution in [0.2, 0.25) is 0 Å². The highest BCUT2D eigenvalue weighted by Crippen LogP contribution is 2.00. The molecule has 0 aliphatic rings. The Hall–Kier alpha value is -1.16. The van der Waals surface area contributed by atoms with Crippen molar-refractivity contribution >= 4 is 0 Å². The summed E-state index contributed by atoms with van der Waals surface area (Å²) < 4.78 is 5.43. The van der Waals surface area contributed by atoms with E-state index in [1.54, 1.807) is 13.0 Å². The van der Waals surface area contributed by atoms with Gasteiger partial charge in [0.15, 0.2) is 0 Å². The number of ether oxygens (including phenoxy) is 1. The maximum absolute atomic E-state index is 9.14. The number of nitrogens with two attached hydrogens (primary N) is 1. The Balaban J connectivity index is 2.17. The molecule has 1 rings (SSSR count). The van der Waals surface area contributed by atoms with E-state index < -0.39 is 6.10 Å². The summed E-state index contributed by atoms with van der Waals surface area (Å²) in [6.45, 7) is 2.77. The van der Waals surface area contributed by atoms with Gasteiger partial charge in [0.05, 0.1) is 19.3 Å². The lowest BCUT2D eigenvalue weighted by Crippen LogP contribution is -2.29. The quantitative estimate of drug-likeness (QED) is 0.565. The van der Waals surface area contributed by atoms with Gasteiger partial charge in [-0.05, 0) is 12.5 Å². The molecule has 0 saturated heterocycles. The zero-order chi connectivity index (χ0) is 11.8. The molecule has 0 bridgehead atoms. The van der Waals surface area contributed by atoms with E-state index in [9.17, 15) is 0 Å². The molecule has 0 saturated carbocycles. The summed E-state index contributed by atoms with van der Waals surface area (Å²) >= 11 is 0. The van der Waals surface area contributed by atoms with Crippen LogP contribution in [0.5, 0.6) is 0 Å². The van der Waals surface area contributed by atoms with E-state index in [2.05, 4.69) is 0 Å². The molecule has 88 valence electrons. The molecule has 0 fully saturated rings. The molecule has 0 aliphatic carbocycles. The standard InChI is InChI=1S/C13H19NO2/c1-11(15)13(14)8-5-9-16-10-12-6-3-2-4-7-12/h2-8,11,13,15H,9-10,14H2,1H3/t11-,13+/m0/s1. The monoisotopic (exact) mass is 221 g/mol. The van der Waals surface area contributed by atoms with Gasteiger partial charge >= 0.3 is 0 Å². The van der Waals surface area contributed by atoms with Gasteiger partial charge in [-0.3, -0.25) is 0 Å². The number of aliphatic hydroxyl groups is 1. The molecule has 0 unspecified atom stereocenters. The predicted octanol–water partition coefficient (Wildman–Crippen LogP) is 1.47. The first-order valence-corrected chi connectivity index (χ1v) is 5.42. The minimum atomic E-state index is -0.523. The first kappa shape index (κ1) is 12.9. The van der Waals surface area contributed by atoms with Crippen molar-refractivity contribution in [2.24, 2.45) is 5.73 Å². The zero-order valence-electron chi connectivity index (χ0n) is 9.54. The average Bonchev–Trinajstić information content (AvgIpc) is 2.29. The summed E-state index contributed by atoms with van der Waals surface area (Å²) in [7, 11) is 0. The van der Waals surface area contributed by atoms with Gasteiger partial charge in [-0.25, -0.2) is 0 Å². The first-order chi connectivity index (χ1) is 7.70. The molecule has 1 aromatic rings. The van der Waals surface area contributed by atoms with Crippen LogP contribution >= 0.6 is 0 Å². The van der Waals surface area contributed by atoms with E-state index in [-0.39, 0.29) is 6.04 Å². The van der Waals surface area contributed by atoms with Gasteiger partial charge in [0, 0.05) is 6.04 Å². The Labute approximate surface area is 96.5 Å². The van der Waals surface area contributed by atoms with Gasteiger partial charge in [-0.2, -0.15) is 0 Å². The second-order valence-electron chi connectivity index (χ2n) is 3.75. The van der Waals surface area contributed by atoms with E-state index in [1.165, 1.54) is 0 Å². The molecule has 3 nitrogen and oxygen atoms in total. The summed E-state index contributed by atoms with van der Waals surface area (Å²) in [5.74, 6) is 0. The van der Waals surface area contributed by atoms with Gasteiger partial charge < -0.3 is 15.6 Å². The van der Waals surface area contributed by atoms with Crippen LogP contribution in [0.25, 0.3) is 0 Å². The van der Waals surface area contributed by atoms with E-state index in [4.69, 9.17) is 15.6 Å². The van der Waals surface area contributed by atoms with Crippen molar-refractivity contribution < 1.29 is 9.84 Å². The molecule has 0 aromatic heterocycles. The lowest BCUT2D eigenvalue weighted by molar-refractivity contribution is 0.147. The number of hydrogen-bond donors (Lipinski definition) is 2. The van der Waals surface area contributed by atoms with Crippen molar-refractivity contribution in [1.29, 1.82) is 0 Å². The Bertz CT molecular complexity index is 309. The maximum Gasteiger partial charge on any atom is 0.0721 e. The van der Waals surface area contributed by atoms with Gasteiger partial charge in [0.2, 0.25) is 0 Å². The van der Waals surface area contributed by atoms with Crippen LogP contribution in [-0.4, -0.2) is 23.9 Å². The summed E-state index contributed by atoms with van der Waals surface area (Å²) in [6, 6.07) is 9.66. The fourth-order valence-electron chi connectivity index (χ4n) is 1.19. The summed E-state index contributed by atoms with van der Waals surface area (Å²) in [5.41, 5.74) is 6.77. The van der Waals surface area contributed by atoms with Gasteiger partial charge in [0.25, 0.3) is 0 Å². The molecule has 2 atom stereocenters. The van der Waals surface area contributed by atoms with E-state index >= 15 is 0 Å². The van der Waals surface area contributed by atoms with E-state index in [0.29, 0.717) is 13.2 Å². The second-order valence-corrected chi connectivity index (χ2v) is 3.75. The Kier molecular flexibility index (Phi) is 5.78. The molecule has 16 heavy (non-hydrogen) atoms. The number of hydrogen-bond acceptors (Lipinski definition) is 3. The molecule has 3 heteroatoms. The highest BCUT2D eigenvalue weighted by molar-refractivity contribution is 5.13. The van der Waals surface area contributed by atoms with Crippen molar-refractivity contribution in [3.8, 4) is 0 Å².